The Morgan fingerprint density at radius 1 is 0.952 bits per heavy atom. The molecule has 0 aliphatic heterocycles. The van der Waals surface area contributed by atoms with E-state index in [9.17, 15) is 18.0 Å². The lowest BCUT2D eigenvalue weighted by Gasteiger charge is -2.57. The number of ether oxygens (including phenoxy) is 1. The fourth-order valence-electron chi connectivity index (χ4n) is 8.20. The largest absolute Gasteiger partial charge is 0.497 e. The van der Waals surface area contributed by atoms with Crippen LogP contribution in [0, 0.1) is 17.8 Å². The second-order valence-corrected chi connectivity index (χ2v) is 14.6. The maximum absolute atomic E-state index is 13.9. The third-order valence-electron chi connectivity index (χ3n) is 9.73. The molecule has 4 aliphatic carbocycles. The van der Waals surface area contributed by atoms with Crippen molar-refractivity contribution in [1.82, 2.24) is 10.2 Å². The van der Waals surface area contributed by atoms with Gasteiger partial charge in [-0.25, -0.2) is 8.42 Å². The molecule has 4 fully saturated rings. The van der Waals surface area contributed by atoms with Crippen LogP contribution in [0.15, 0.2) is 48.5 Å². The highest BCUT2D eigenvalue weighted by atomic mass is 32.2. The number of amides is 2. The maximum atomic E-state index is 13.9. The molecule has 0 unspecified atom stereocenters. The number of hydrogen-bond acceptors (Lipinski definition) is 5. The van der Waals surface area contributed by atoms with Gasteiger partial charge in [0.2, 0.25) is 21.8 Å². The second kappa shape index (κ2) is 12.3. The van der Waals surface area contributed by atoms with Gasteiger partial charge in [0.25, 0.3) is 0 Å². The van der Waals surface area contributed by atoms with E-state index >= 15 is 0 Å². The Morgan fingerprint density at radius 3 is 2.00 bits per heavy atom. The second-order valence-electron chi connectivity index (χ2n) is 12.7. The molecule has 228 valence electrons. The summed E-state index contributed by atoms with van der Waals surface area (Å²) >= 11 is 0. The molecule has 4 saturated carbocycles. The van der Waals surface area contributed by atoms with Crippen LogP contribution >= 0.6 is 0 Å². The number of nitrogens with one attached hydrogen (secondary N) is 1. The lowest BCUT2D eigenvalue weighted by atomic mass is 9.48. The first kappa shape index (κ1) is 30.4. The number of carbonyl (C=O) groups is 2. The van der Waals surface area contributed by atoms with Crippen molar-refractivity contribution in [3.05, 3.63) is 59.7 Å². The maximum Gasteiger partial charge on any atom is 0.244 e. The molecule has 0 saturated heterocycles. The van der Waals surface area contributed by atoms with E-state index in [1.54, 1.807) is 19.2 Å². The van der Waals surface area contributed by atoms with Crippen LogP contribution < -0.4 is 14.4 Å². The van der Waals surface area contributed by atoms with Gasteiger partial charge < -0.3 is 15.0 Å². The van der Waals surface area contributed by atoms with E-state index in [1.165, 1.54) is 53.3 Å². The molecule has 4 bridgehead atoms. The summed E-state index contributed by atoms with van der Waals surface area (Å²) in [5.74, 6) is 2.44. The number of anilines is 1. The van der Waals surface area contributed by atoms with Crippen molar-refractivity contribution in [3.63, 3.8) is 0 Å². The number of carbonyl (C=O) groups excluding carboxylic acids is 2. The molecule has 0 aromatic heterocycles. The minimum absolute atomic E-state index is 0.168. The van der Waals surface area contributed by atoms with Gasteiger partial charge in [-0.2, -0.15) is 0 Å². The molecule has 1 atom stereocenters. The highest BCUT2D eigenvalue weighted by molar-refractivity contribution is 7.92. The van der Waals surface area contributed by atoms with E-state index < -0.39 is 22.0 Å². The zero-order valence-electron chi connectivity index (χ0n) is 25.3. The number of nitrogens with zero attached hydrogens (tertiary/aromatic N) is 2. The topological polar surface area (TPSA) is 96.0 Å². The number of sulfonamides is 1. The third kappa shape index (κ3) is 6.31. The Labute approximate surface area is 250 Å². The molecule has 6 rings (SSSR count). The predicted molar refractivity (Wildman–Crippen MR) is 165 cm³/mol. The lowest BCUT2D eigenvalue weighted by Crippen LogP contribution is -2.52. The van der Waals surface area contributed by atoms with E-state index in [4.69, 9.17) is 4.74 Å². The number of hydrogen-bond donors (Lipinski definition) is 1. The van der Waals surface area contributed by atoms with Gasteiger partial charge in [-0.3, -0.25) is 13.9 Å². The Hall–Kier alpha value is -3.07. The minimum Gasteiger partial charge on any atom is -0.497 e. The molecule has 0 spiro atoms. The number of rotatable bonds is 12. The zero-order chi connectivity index (χ0) is 30.1. The summed E-state index contributed by atoms with van der Waals surface area (Å²) in [7, 11) is -2.19. The molecule has 9 heteroatoms. The van der Waals surface area contributed by atoms with Gasteiger partial charge in [-0.1, -0.05) is 31.2 Å². The molecule has 0 radical (unpaired) electrons. The molecule has 2 aromatic carbocycles. The monoisotopic (exact) mass is 595 g/mol. The highest BCUT2D eigenvalue weighted by Crippen LogP contribution is 2.60. The van der Waals surface area contributed by atoms with Crippen LogP contribution in [0.1, 0.15) is 69.9 Å². The van der Waals surface area contributed by atoms with Crippen LogP contribution in [-0.2, 0) is 31.6 Å². The van der Waals surface area contributed by atoms with E-state index in [-0.39, 0.29) is 24.4 Å². The molecular weight excluding hydrogens is 550 g/mol. The van der Waals surface area contributed by atoms with Crippen molar-refractivity contribution in [1.29, 1.82) is 0 Å². The molecule has 0 heterocycles. The normalized spacial score (nSPS) is 25.1. The molecule has 2 aromatic rings. The summed E-state index contributed by atoms with van der Waals surface area (Å²) < 4.78 is 32.6. The van der Waals surface area contributed by atoms with Gasteiger partial charge in [-0.05, 0) is 110 Å². The molecule has 2 amide bonds. The highest BCUT2D eigenvalue weighted by Gasteiger charge is 2.51. The van der Waals surface area contributed by atoms with Crippen molar-refractivity contribution in [3.8, 4) is 5.75 Å². The zero-order valence-corrected chi connectivity index (χ0v) is 26.2. The first-order chi connectivity index (χ1) is 20.0. The Kier molecular flexibility index (Phi) is 8.88. The smallest absolute Gasteiger partial charge is 0.244 e. The number of likely N-dealkylation sites (N-methyl/N-ethyl adjacent to an activating group) is 1. The SMILES string of the molecule is CCNC(=O)[C@H](CC)N(Cc1ccc(OC)cc1)C(=O)CN(c1ccc(C23CC4CC(CC(C4)C2)C3)cc1)S(C)(=O)=O. The van der Waals surface area contributed by atoms with Crippen molar-refractivity contribution >= 4 is 27.5 Å². The molecule has 42 heavy (non-hydrogen) atoms. The van der Waals surface area contributed by atoms with Gasteiger partial charge in [0.1, 0.15) is 18.3 Å². The predicted octanol–water partition coefficient (Wildman–Crippen LogP) is 4.87. The van der Waals surface area contributed by atoms with Crippen LogP contribution in [0.25, 0.3) is 0 Å². The standard InChI is InChI=1S/C33H45N3O5S/c1-5-30(32(38)34-6-2)35(21-23-7-13-29(41-3)14-8-23)31(37)22-36(42(4,39)40)28-11-9-27(10-12-28)33-18-24-15-25(19-33)17-26(16-24)20-33/h7-14,24-26,30H,5-6,15-22H2,1-4H3,(H,34,38)/t24?,25?,26?,30-,33?/m0/s1. The fourth-order valence-corrected chi connectivity index (χ4v) is 9.05. The van der Waals surface area contributed by atoms with E-state index in [0.29, 0.717) is 24.4 Å². The number of benzene rings is 2. The van der Waals surface area contributed by atoms with Gasteiger partial charge in [-0.15, -0.1) is 0 Å². The first-order valence-corrected chi connectivity index (χ1v) is 17.2. The van der Waals surface area contributed by atoms with E-state index in [2.05, 4.69) is 17.4 Å². The van der Waals surface area contributed by atoms with Gasteiger partial charge in [0, 0.05) is 13.1 Å². The van der Waals surface area contributed by atoms with Gasteiger partial charge in [0.15, 0.2) is 0 Å². The van der Waals surface area contributed by atoms with Gasteiger partial charge >= 0.3 is 0 Å². The summed E-state index contributed by atoms with van der Waals surface area (Å²) in [6.07, 6.45) is 9.30. The van der Waals surface area contributed by atoms with E-state index in [1.807, 2.05) is 38.1 Å². The lowest BCUT2D eigenvalue weighted by molar-refractivity contribution is -0.140. The van der Waals surface area contributed by atoms with Crippen molar-refractivity contribution < 1.29 is 22.7 Å². The van der Waals surface area contributed by atoms with Crippen LogP contribution in [0.5, 0.6) is 5.75 Å². The van der Waals surface area contributed by atoms with Crippen LogP contribution in [0.2, 0.25) is 0 Å². The number of methoxy groups -OCH3 is 1. The molecule has 4 aliphatic rings. The summed E-state index contributed by atoms with van der Waals surface area (Å²) in [6, 6.07) is 14.5. The van der Waals surface area contributed by atoms with E-state index in [0.717, 1.165) is 29.6 Å². The van der Waals surface area contributed by atoms with Crippen LogP contribution in [-0.4, -0.2) is 57.6 Å². The van der Waals surface area contributed by atoms with Crippen LogP contribution in [0.4, 0.5) is 5.69 Å². The molecular formula is C33H45N3O5S. The average molecular weight is 596 g/mol. The summed E-state index contributed by atoms with van der Waals surface area (Å²) in [6.45, 7) is 3.90. The Balaban J connectivity index is 1.40. The Morgan fingerprint density at radius 2 is 1.52 bits per heavy atom. The average Bonchev–Trinajstić information content (AvgIpc) is 2.95. The first-order valence-electron chi connectivity index (χ1n) is 15.3. The quantitative estimate of drug-likeness (QED) is 0.378. The fraction of sp³-hybridized carbons (Fsp3) is 0.576. The summed E-state index contributed by atoms with van der Waals surface area (Å²) in [5, 5.41) is 2.83. The summed E-state index contributed by atoms with van der Waals surface area (Å²) in [5.41, 5.74) is 2.79. The van der Waals surface area contributed by atoms with Crippen molar-refractivity contribution in [2.75, 3.05) is 30.8 Å². The molecule has 1 N–H and O–H groups in total. The van der Waals surface area contributed by atoms with Crippen molar-refractivity contribution in [2.24, 2.45) is 17.8 Å². The molecule has 8 nitrogen and oxygen atoms in total. The minimum atomic E-state index is -3.78. The summed E-state index contributed by atoms with van der Waals surface area (Å²) in [4.78, 5) is 28.4. The van der Waals surface area contributed by atoms with Crippen molar-refractivity contribution in [2.45, 2.75) is 76.8 Å². The third-order valence-corrected chi connectivity index (χ3v) is 10.9. The van der Waals surface area contributed by atoms with Gasteiger partial charge in [0.05, 0.1) is 19.1 Å². The van der Waals surface area contributed by atoms with Crippen LogP contribution in [0.3, 0.4) is 0 Å². The Bertz CT molecular complexity index is 1340.